The van der Waals surface area contributed by atoms with Crippen LogP contribution in [0.3, 0.4) is 0 Å². The fraction of sp³-hybridized carbons (Fsp3) is 0.294. The van der Waals surface area contributed by atoms with Crippen molar-refractivity contribution in [3.63, 3.8) is 0 Å². The predicted octanol–water partition coefficient (Wildman–Crippen LogP) is 2.89. The van der Waals surface area contributed by atoms with Gasteiger partial charge < -0.3 is 29.9 Å². The van der Waals surface area contributed by atoms with Crippen LogP contribution in [0.4, 0.5) is 0 Å². The van der Waals surface area contributed by atoms with Crippen LogP contribution < -0.4 is 9.47 Å². The molecule has 0 spiro atoms. The van der Waals surface area contributed by atoms with Crippen LogP contribution >= 0.6 is 0 Å². The summed E-state index contributed by atoms with van der Waals surface area (Å²) in [5, 5.41) is 37.7. The van der Waals surface area contributed by atoms with E-state index in [0.29, 0.717) is 11.5 Å². The van der Waals surface area contributed by atoms with Gasteiger partial charge in [-0.25, -0.2) is 0 Å². The minimum atomic E-state index is -0.235. The molecule has 0 aromatic heterocycles. The van der Waals surface area contributed by atoms with E-state index in [2.05, 4.69) is 0 Å². The Kier molecular flexibility index (Phi) is 4.06. The normalized spacial score (nSPS) is 20.3. The number of hydrogen-bond acceptors (Lipinski definition) is 6. The first kappa shape index (κ1) is 15.1. The SMILES string of the molecule is Oc1ccc(O[C@@H]2CCC[C@H]2Oc2ccc(O)c(O)c2)cc1O. The monoisotopic (exact) mass is 318 g/mol. The lowest BCUT2D eigenvalue weighted by molar-refractivity contribution is 0.0775. The quantitative estimate of drug-likeness (QED) is 0.647. The summed E-state index contributed by atoms with van der Waals surface area (Å²) in [6.07, 6.45) is 2.14. The molecule has 1 aliphatic rings. The van der Waals surface area contributed by atoms with Gasteiger partial charge in [0.05, 0.1) is 0 Å². The van der Waals surface area contributed by atoms with Gasteiger partial charge in [-0.1, -0.05) is 0 Å². The highest BCUT2D eigenvalue weighted by Gasteiger charge is 2.31. The Morgan fingerprint density at radius 3 is 1.48 bits per heavy atom. The second-order valence-electron chi connectivity index (χ2n) is 5.54. The summed E-state index contributed by atoms with van der Waals surface area (Å²) in [5.74, 6) is 0.0406. The largest absolute Gasteiger partial charge is 0.504 e. The number of phenols is 4. The number of rotatable bonds is 4. The maximum Gasteiger partial charge on any atom is 0.161 e. The van der Waals surface area contributed by atoms with Gasteiger partial charge in [-0.05, 0) is 43.5 Å². The van der Waals surface area contributed by atoms with Gasteiger partial charge in [0, 0.05) is 12.1 Å². The molecule has 6 heteroatoms. The molecule has 2 atom stereocenters. The third-order valence-electron chi connectivity index (χ3n) is 3.86. The molecule has 0 aliphatic heterocycles. The van der Waals surface area contributed by atoms with E-state index in [1.54, 1.807) is 12.1 Å². The van der Waals surface area contributed by atoms with Crippen molar-refractivity contribution in [2.24, 2.45) is 0 Å². The number of benzene rings is 2. The van der Waals surface area contributed by atoms with Gasteiger partial charge in [0.2, 0.25) is 0 Å². The smallest absolute Gasteiger partial charge is 0.161 e. The molecule has 4 N–H and O–H groups in total. The highest BCUT2D eigenvalue weighted by Crippen LogP contribution is 2.34. The predicted molar refractivity (Wildman–Crippen MR) is 82.2 cm³/mol. The van der Waals surface area contributed by atoms with Crippen LogP contribution in [0.25, 0.3) is 0 Å². The average Bonchev–Trinajstić information content (AvgIpc) is 2.94. The van der Waals surface area contributed by atoms with E-state index in [1.807, 2.05) is 0 Å². The topological polar surface area (TPSA) is 99.4 Å². The molecule has 6 nitrogen and oxygen atoms in total. The third-order valence-corrected chi connectivity index (χ3v) is 3.86. The molecular weight excluding hydrogens is 300 g/mol. The minimum Gasteiger partial charge on any atom is -0.504 e. The van der Waals surface area contributed by atoms with E-state index >= 15 is 0 Å². The van der Waals surface area contributed by atoms with E-state index in [4.69, 9.17) is 9.47 Å². The van der Waals surface area contributed by atoms with Gasteiger partial charge in [0.25, 0.3) is 0 Å². The molecule has 0 heterocycles. The fourth-order valence-electron chi connectivity index (χ4n) is 2.66. The zero-order valence-corrected chi connectivity index (χ0v) is 12.3. The van der Waals surface area contributed by atoms with E-state index in [9.17, 15) is 20.4 Å². The molecule has 0 amide bonds. The summed E-state index contributed by atoms with van der Waals surface area (Å²) in [4.78, 5) is 0. The van der Waals surface area contributed by atoms with Gasteiger partial charge in [0.15, 0.2) is 23.0 Å². The lowest BCUT2D eigenvalue weighted by atomic mass is 10.2. The molecule has 0 saturated heterocycles. The number of ether oxygens (including phenoxy) is 2. The Morgan fingerprint density at radius 2 is 1.09 bits per heavy atom. The van der Waals surface area contributed by atoms with Gasteiger partial charge >= 0.3 is 0 Å². The third kappa shape index (κ3) is 3.36. The minimum absolute atomic E-state index is 0.198. The van der Waals surface area contributed by atoms with Gasteiger partial charge in [-0.15, -0.1) is 0 Å². The van der Waals surface area contributed by atoms with Crippen molar-refractivity contribution in [3.8, 4) is 34.5 Å². The molecule has 0 unspecified atom stereocenters. The summed E-state index contributed by atoms with van der Waals surface area (Å²) in [5.41, 5.74) is 0. The van der Waals surface area contributed by atoms with Crippen LogP contribution in [0.2, 0.25) is 0 Å². The highest BCUT2D eigenvalue weighted by molar-refractivity contribution is 5.44. The molecule has 23 heavy (non-hydrogen) atoms. The van der Waals surface area contributed by atoms with Crippen LogP contribution in [-0.2, 0) is 0 Å². The van der Waals surface area contributed by atoms with Crippen LogP contribution in [0.1, 0.15) is 19.3 Å². The lowest BCUT2D eigenvalue weighted by Gasteiger charge is -2.22. The van der Waals surface area contributed by atoms with Crippen LogP contribution in [0.5, 0.6) is 34.5 Å². The number of aromatic hydroxyl groups is 4. The van der Waals surface area contributed by atoms with Crippen molar-refractivity contribution < 1.29 is 29.9 Å². The average molecular weight is 318 g/mol. The van der Waals surface area contributed by atoms with Crippen molar-refractivity contribution >= 4 is 0 Å². The molecule has 2 aromatic carbocycles. The van der Waals surface area contributed by atoms with Crippen molar-refractivity contribution in [2.45, 2.75) is 31.5 Å². The first-order valence-electron chi connectivity index (χ1n) is 7.40. The van der Waals surface area contributed by atoms with Gasteiger partial charge in [-0.2, -0.15) is 0 Å². The Hall–Kier alpha value is -2.76. The summed E-state index contributed by atoms with van der Waals surface area (Å²) >= 11 is 0. The Bertz CT molecular complexity index is 640. The molecule has 1 fully saturated rings. The molecule has 1 saturated carbocycles. The van der Waals surface area contributed by atoms with Crippen LogP contribution in [0, 0.1) is 0 Å². The van der Waals surface area contributed by atoms with Crippen LogP contribution in [-0.4, -0.2) is 32.6 Å². The Balaban J connectivity index is 1.69. The summed E-state index contributed by atoms with van der Waals surface area (Å²) in [6, 6.07) is 8.61. The van der Waals surface area contributed by atoms with Crippen molar-refractivity contribution in [1.29, 1.82) is 0 Å². The van der Waals surface area contributed by atoms with Crippen molar-refractivity contribution in [1.82, 2.24) is 0 Å². The highest BCUT2D eigenvalue weighted by atomic mass is 16.5. The first-order chi connectivity index (χ1) is 11.0. The molecular formula is C17H18O6. The lowest BCUT2D eigenvalue weighted by Crippen LogP contribution is -2.31. The summed E-state index contributed by atoms with van der Waals surface area (Å²) in [7, 11) is 0. The van der Waals surface area contributed by atoms with Crippen LogP contribution in [0.15, 0.2) is 36.4 Å². The standard InChI is InChI=1S/C17H18O6/c18-12-6-4-10(8-14(12)20)22-16-2-1-3-17(16)23-11-5-7-13(19)15(21)9-11/h4-9,16-21H,1-3H2/t16-,17-/m1/s1. The summed E-state index contributed by atoms with van der Waals surface area (Å²) in [6.45, 7) is 0. The molecule has 122 valence electrons. The van der Waals surface area contributed by atoms with Crippen molar-refractivity contribution in [3.05, 3.63) is 36.4 Å². The zero-order valence-electron chi connectivity index (χ0n) is 12.3. The maximum absolute atomic E-state index is 9.52. The number of hydrogen-bond donors (Lipinski definition) is 4. The van der Waals surface area contributed by atoms with E-state index in [1.165, 1.54) is 24.3 Å². The Morgan fingerprint density at radius 1 is 0.652 bits per heavy atom. The zero-order chi connectivity index (χ0) is 16.4. The van der Waals surface area contributed by atoms with Crippen molar-refractivity contribution in [2.75, 3.05) is 0 Å². The maximum atomic E-state index is 9.52. The second-order valence-corrected chi connectivity index (χ2v) is 5.54. The summed E-state index contributed by atoms with van der Waals surface area (Å²) < 4.78 is 11.7. The molecule has 1 aliphatic carbocycles. The van der Waals surface area contributed by atoms with Gasteiger partial charge in [0.1, 0.15) is 23.7 Å². The molecule has 3 rings (SSSR count). The van der Waals surface area contributed by atoms with E-state index < -0.39 is 0 Å². The van der Waals surface area contributed by atoms with Gasteiger partial charge in [-0.3, -0.25) is 0 Å². The van der Waals surface area contributed by atoms with E-state index in [0.717, 1.165) is 19.3 Å². The first-order valence-corrected chi connectivity index (χ1v) is 7.40. The molecule has 2 aromatic rings. The molecule has 0 bridgehead atoms. The number of phenolic OH excluding ortho intramolecular Hbond substituents is 4. The molecule has 0 radical (unpaired) electrons. The van der Waals surface area contributed by atoms with E-state index in [-0.39, 0.29) is 35.2 Å². The second kappa shape index (κ2) is 6.16. The fourth-order valence-corrected chi connectivity index (χ4v) is 2.66. The Labute approximate surface area is 133 Å².